The van der Waals surface area contributed by atoms with E-state index in [-0.39, 0.29) is 5.88 Å². The monoisotopic (exact) mass is 286 g/mol. The number of hydrogen-bond donors (Lipinski definition) is 1. The third kappa shape index (κ3) is 2.64. The Kier molecular flexibility index (Phi) is 3.66. The lowest BCUT2D eigenvalue weighted by atomic mass is 9.87. The van der Waals surface area contributed by atoms with Gasteiger partial charge in [-0.15, -0.1) is 0 Å². The molecule has 0 unspecified atom stereocenters. The number of hydrogen-bond acceptors (Lipinski definition) is 4. The second-order valence-corrected chi connectivity index (χ2v) is 5.98. The maximum atomic E-state index is 10.2. The van der Waals surface area contributed by atoms with Crippen molar-refractivity contribution in [2.75, 3.05) is 0 Å². The second-order valence-electron chi connectivity index (χ2n) is 5.98. The first-order valence-corrected chi connectivity index (χ1v) is 7.67. The second kappa shape index (κ2) is 5.47. The van der Waals surface area contributed by atoms with Crippen LogP contribution in [0.25, 0.3) is 5.82 Å². The van der Waals surface area contributed by atoms with Gasteiger partial charge in [-0.3, -0.25) is 4.98 Å². The van der Waals surface area contributed by atoms with Crippen LogP contribution in [0.5, 0.6) is 5.88 Å². The number of nitrogens with zero attached hydrogens (tertiary/aromatic N) is 4. The molecule has 0 radical (unpaired) electrons. The van der Waals surface area contributed by atoms with Gasteiger partial charge < -0.3 is 5.11 Å². The normalized spacial score (nSPS) is 16.3. The van der Waals surface area contributed by atoms with Crippen molar-refractivity contribution >= 4 is 0 Å². The molecule has 0 aromatic carbocycles. The molecule has 2 heterocycles. The molecule has 0 spiro atoms. The Morgan fingerprint density at radius 2 is 1.67 bits per heavy atom. The van der Waals surface area contributed by atoms with Crippen LogP contribution in [0, 0.1) is 20.8 Å². The molecular formula is C16H22N4O. The molecule has 0 aliphatic heterocycles. The average molecular weight is 286 g/mol. The van der Waals surface area contributed by atoms with Gasteiger partial charge in [-0.2, -0.15) is 9.78 Å². The Morgan fingerprint density at radius 1 is 1.00 bits per heavy atom. The van der Waals surface area contributed by atoms with Crippen molar-refractivity contribution in [3.63, 3.8) is 0 Å². The van der Waals surface area contributed by atoms with E-state index in [1.54, 1.807) is 6.07 Å². The van der Waals surface area contributed by atoms with Gasteiger partial charge >= 0.3 is 0 Å². The van der Waals surface area contributed by atoms with E-state index >= 15 is 0 Å². The Labute approximate surface area is 125 Å². The first-order chi connectivity index (χ1) is 10.1. The highest BCUT2D eigenvalue weighted by atomic mass is 16.3. The Balaban J connectivity index is 1.99. The van der Waals surface area contributed by atoms with Crippen LogP contribution in [0.3, 0.4) is 0 Å². The van der Waals surface area contributed by atoms with Gasteiger partial charge in [0.15, 0.2) is 5.82 Å². The molecule has 112 valence electrons. The summed E-state index contributed by atoms with van der Waals surface area (Å²) in [5.41, 5.74) is 3.54. The topological polar surface area (TPSA) is 63.8 Å². The Hall–Kier alpha value is -1.91. The predicted octanol–water partition coefficient (Wildman–Crippen LogP) is 3.34. The van der Waals surface area contributed by atoms with Crippen LogP contribution < -0.4 is 0 Å². The van der Waals surface area contributed by atoms with Gasteiger partial charge in [0.05, 0.1) is 22.8 Å². The van der Waals surface area contributed by atoms with Crippen LogP contribution in [-0.2, 0) is 0 Å². The van der Waals surface area contributed by atoms with Crippen molar-refractivity contribution in [3.05, 3.63) is 28.8 Å². The molecule has 1 fully saturated rings. The van der Waals surface area contributed by atoms with E-state index in [1.165, 1.54) is 23.9 Å². The van der Waals surface area contributed by atoms with E-state index in [0.717, 1.165) is 35.6 Å². The zero-order valence-corrected chi connectivity index (χ0v) is 12.9. The average Bonchev–Trinajstić information content (AvgIpc) is 2.86. The zero-order valence-electron chi connectivity index (χ0n) is 12.9. The van der Waals surface area contributed by atoms with Crippen molar-refractivity contribution in [3.8, 4) is 11.7 Å². The first kappa shape index (κ1) is 14.0. The zero-order chi connectivity index (χ0) is 15.0. The van der Waals surface area contributed by atoms with Gasteiger partial charge in [0.25, 0.3) is 0 Å². The predicted molar refractivity (Wildman–Crippen MR) is 80.9 cm³/mol. The van der Waals surface area contributed by atoms with Crippen LogP contribution >= 0.6 is 0 Å². The molecule has 1 aliphatic carbocycles. The smallest absolute Gasteiger partial charge is 0.215 e. The summed E-state index contributed by atoms with van der Waals surface area (Å²) in [6, 6.07) is 1.78. The quantitative estimate of drug-likeness (QED) is 0.919. The van der Waals surface area contributed by atoms with Gasteiger partial charge in [0.2, 0.25) is 5.88 Å². The van der Waals surface area contributed by atoms with Gasteiger partial charge in [-0.1, -0.05) is 19.3 Å². The summed E-state index contributed by atoms with van der Waals surface area (Å²) < 4.78 is 1.53. The molecule has 1 saturated carbocycles. The molecule has 1 N–H and O–H groups in total. The lowest BCUT2D eigenvalue weighted by Gasteiger charge is -2.19. The highest BCUT2D eigenvalue weighted by Crippen LogP contribution is 2.34. The van der Waals surface area contributed by atoms with Crippen molar-refractivity contribution < 1.29 is 5.11 Å². The fraction of sp³-hybridized carbons (Fsp3) is 0.562. The number of aromatic hydroxyl groups is 1. The highest BCUT2D eigenvalue weighted by molar-refractivity contribution is 5.35. The van der Waals surface area contributed by atoms with Gasteiger partial charge in [-0.05, 0) is 33.6 Å². The highest BCUT2D eigenvalue weighted by Gasteiger charge is 2.21. The minimum Gasteiger partial charge on any atom is -0.493 e. The maximum Gasteiger partial charge on any atom is 0.215 e. The molecule has 0 amide bonds. The van der Waals surface area contributed by atoms with E-state index < -0.39 is 0 Å². The van der Waals surface area contributed by atoms with E-state index in [9.17, 15) is 5.11 Å². The summed E-state index contributed by atoms with van der Waals surface area (Å²) >= 11 is 0. The summed E-state index contributed by atoms with van der Waals surface area (Å²) in [4.78, 5) is 9.02. The van der Waals surface area contributed by atoms with Crippen LogP contribution in [0.1, 0.15) is 60.8 Å². The van der Waals surface area contributed by atoms with Crippen molar-refractivity contribution in [1.82, 2.24) is 19.7 Å². The van der Waals surface area contributed by atoms with Crippen LogP contribution in [0.4, 0.5) is 0 Å². The standard InChI is InChI=1S/C16H22N4O/c1-10-11(2)18-16(12(3)17-10)20-15(21)9-14(19-20)13-7-5-4-6-8-13/h9,13,21H,4-8H2,1-3H3. The lowest BCUT2D eigenvalue weighted by Crippen LogP contribution is -2.09. The minimum absolute atomic E-state index is 0.149. The molecule has 0 saturated heterocycles. The maximum absolute atomic E-state index is 10.2. The molecular weight excluding hydrogens is 264 g/mol. The van der Waals surface area contributed by atoms with Gasteiger partial charge in [0, 0.05) is 12.0 Å². The van der Waals surface area contributed by atoms with E-state index in [2.05, 4.69) is 15.1 Å². The largest absolute Gasteiger partial charge is 0.493 e. The van der Waals surface area contributed by atoms with E-state index in [4.69, 9.17) is 0 Å². The molecule has 3 rings (SSSR count). The summed E-state index contributed by atoms with van der Waals surface area (Å²) in [6.45, 7) is 5.76. The van der Waals surface area contributed by atoms with E-state index in [0.29, 0.717) is 11.7 Å². The van der Waals surface area contributed by atoms with Crippen LogP contribution in [0.2, 0.25) is 0 Å². The molecule has 21 heavy (non-hydrogen) atoms. The van der Waals surface area contributed by atoms with Crippen LogP contribution in [0.15, 0.2) is 6.07 Å². The molecule has 0 atom stereocenters. The summed E-state index contributed by atoms with van der Waals surface area (Å²) in [5, 5.41) is 14.8. The number of aryl methyl sites for hydroxylation is 3. The summed E-state index contributed by atoms with van der Waals surface area (Å²) in [5.74, 6) is 1.24. The SMILES string of the molecule is Cc1nc(C)c(-n2nc(C3CCCCC3)cc2O)nc1C. The van der Waals surface area contributed by atoms with Crippen molar-refractivity contribution in [1.29, 1.82) is 0 Å². The molecule has 0 bridgehead atoms. The number of aromatic nitrogens is 4. The fourth-order valence-corrected chi connectivity index (χ4v) is 3.05. The van der Waals surface area contributed by atoms with Crippen molar-refractivity contribution in [2.45, 2.75) is 58.8 Å². The molecule has 5 nitrogen and oxygen atoms in total. The molecule has 2 aromatic rings. The Bertz CT molecular complexity index is 657. The van der Waals surface area contributed by atoms with Gasteiger partial charge in [-0.25, -0.2) is 4.98 Å². The summed E-state index contributed by atoms with van der Waals surface area (Å²) in [7, 11) is 0. The van der Waals surface area contributed by atoms with E-state index in [1.807, 2.05) is 20.8 Å². The minimum atomic E-state index is 0.149. The molecule has 2 aromatic heterocycles. The first-order valence-electron chi connectivity index (χ1n) is 7.67. The Morgan fingerprint density at radius 3 is 2.38 bits per heavy atom. The lowest BCUT2D eigenvalue weighted by molar-refractivity contribution is 0.428. The third-order valence-electron chi connectivity index (χ3n) is 4.39. The molecule has 5 heteroatoms. The third-order valence-corrected chi connectivity index (χ3v) is 4.39. The fourth-order valence-electron chi connectivity index (χ4n) is 3.05. The summed E-state index contributed by atoms with van der Waals surface area (Å²) in [6.07, 6.45) is 6.13. The van der Waals surface area contributed by atoms with Crippen molar-refractivity contribution in [2.24, 2.45) is 0 Å². The molecule has 1 aliphatic rings. The number of rotatable bonds is 2. The van der Waals surface area contributed by atoms with Crippen LogP contribution in [-0.4, -0.2) is 24.9 Å². The van der Waals surface area contributed by atoms with Gasteiger partial charge in [0.1, 0.15) is 0 Å².